The first kappa shape index (κ1) is 25.2. The van der Waals surface area contributed by atoms with Crippen molar-refractivity contribution in [2.75, 3.05) is 51.2 Å². The van der Waals surface area contributed by atoms with Gasteiger partial charge >= 0.3 is 0 Å². The largest absolute Gasteiger partial charge is 0.371 e. The number of hydrogen-bond donors (Lipinski definition) is 2. The monoisotopic (exact) mass is 575 g/mol. The number of nitrogens with one attached hydrogen (secondary N) is 2. The van der Waals surface area contributed by atoms with Crippen LogP contribution in [0.3, 0.4) is 0 Å². The Bertz CT molecular complexity index is 873. The van der Waals surface area contributed by atoms with Crippen molar-refractivity contribution >= 4 is 47.0 Å². The van der Waals surface area contributed by atoms with Crippen LogP contribution in [0.4, 0.5) is 14.5 Å². The first-order valence-corrected chi connectivity index (χ1v) is 11.9. The molecule has 176 valence electrons. The van der Waals surface area contributed by atoms with Gasteiger partial charge in [-0.3, -0.25) is 9.89 Å². The number of halogens is 3. The zero-order valence-electron chi connectivity index (χ0n) is 18.4. The van der Waals surface area contributed by atoms with Crippen LogP contribution in [0.5, 0.6) is 0 Å². The van der Waals surface area contributed by atoms with Crippen LogP contribution in [-0.2, 0) is 0 Å². The van der Waals surface area contributed by atoms with Gasteiger partial charge in [-0.05, 0) is 61.8 Å². The van der Waals surface area contributed by atoms with E-state index in [0.717, 1.165) is 57.3 Å². The molecule has 0 saturated carbocycles. The molecule has 0 aliphatic carbocycles. The predicted molar refractivity (Wildman–Crippen MR) is 139 cm³/mol. The molecule has 4 rings (SSSR count). The highest BCUT2D eigenvalue weighted by Gasteiger charge is 2.26. The van der Waals surface area contributed by atoms with Gasteiger partial charge < -0.3 is 15.5 Å². The normalized spacial score (nSPS) is 20.3. The Morgan fingerprint density at radius 3 is 2.66 bits per heavy atom. The Labute approximate surface area is 210 Å². The highest BCUT2D eigenvalue weighted by molar-refractivity contribution is 14.0. The molecular weight excluding hydrogens is 543 g/mol. The second-order valence-electron chi connectivity index (χ2n) is 8.31. The quantitative estimate of drug-likeness (QED) is 0.291. The smallest absolute Gasteiger partial charge is 0.191 e. The highest BCUT2D eigenvalue weighted by Crippen LogP contribution is 2.28. The summed E-state index contributed by atoms with van der Waals surface area (Å²) in [4.78, 5) is 10.5. The molecular formula is C23H32F2IN5S. The van der Waals surface area contributed by atoms with E-state index in [0.29, 0.717) is 12.0 Å². The summed E-state index contributed by atoms with van der Waals surface area (Å²) in [5.41, 5.74) is 0.744. The lowest BCUT2D eigenvalue weighted by Gasteiger charge is -2.28. The summed E-state index contributed by atoms with van der Waals surface area (Å²) >= 11 is 1.81. The lowest BCUT2D eigenvalue weighted by molar-refractivity contribution is 0.249. The number of nitrogens with zero attached hydrogens (tertiary/aromatic N) is 3. The third-order valence-corrected chi connectivity index (χ3v) is 7.23. The number of rotatable bonds is 7. The van der Waals surface area contributed by atoms with Crippen molar-refractivity contribution in [2.24, 2.45) is 10.9 Å². The number of anilines is 1. The van der Waals surface area contributed by atoms with Crippen LogP contribution in [0.1, 0.15) is 30.2 Å². The second-order valence-corrected chi connectivity index (χ2v) is 9.29. The van der Waals surface area contributed by atoms with Crippen molar-refractivity contribution in [2.45, 2.75) is 25.3 Å². The molecule has 2 fully saturated rings. The molecule has 0 spiro atoms. The molecule has 2 aliphatic heterocycles. The third-order valence-electron chi connectivity index (χ3n) is 6.25. The van der Waals surface area contributed by atoms with Crippen molar-refractivity contribution < 1.29 is 8.78 Å². The third kappa shape index (κ3) is 6.32. The predicted octanol–water partition coefficient (Wildman–Crippen LogP) is 4.47. The summed E-state index contributed by atoms with van der Waals surface area (Å²) in [6.07, 6.45) is 3.55. The van der Waals surface area contributed by atoms with E-state index in [-0.39, 0.29) is 24.0 Å². The van der Waals surface area contributed by atoms with Crippen LogP contribution in [0.15, 0.2) is 40.7 Å². The van der Waals surface area contributed by atoms with Crippen molar-refractivity contribution in [1.82, 2.24) is 15.5 Å². The van der Waals surface area contributed by atoms with E-state index in [9.17, 15) is 8.78 Å². The topological polar surface area (TPSA) is 42.9 Å². The van der Waals surface area contributed by atoms with Gasteiger partial charge in [-0.1, -0.05) is 6.07 Å². The Kier molecular flexibility index (Phi) is 9.54. The molecule has 5 nitrogen and oxygen atoms in total. The molecule has 2 atom stereocenters. The van der Waals surface area contributed by atoms with E-state index in [1.807, 2.05) is 11.3 Å². The van der Waals surface area contributed by atoms with E-state index < -0.39 is 11.6 Å². The highest BCUT2D eigenvalue weighted by atomic mass is 127. The minimum absolute atomic E-state index is 0. The average molecular weight is 576 g/mol. The molecule has 2 aliphatic rings. The van der Waals surface area contributed by atoms with Gasteiger partial charge in [0.15, 0.2) is 17.6 Å². The van der Waals surface area contributed by atoms with Crippen molar-refractivity contribution in [3.8, 4) is 0 Å². The van der Waals surface area contributed by atoms with E-state index in [1.54, 1.807) is 13.1 Å². The summed E-state index contributed by atoms with van der Waals surface area (Å²) < 4.78 is 26.8. The van der Waals surface area contributed by atoms with E-state index >= 15 is 0 Å². The number of benzene rings is 1. The average Bonchev–Trinajstić information content (AvgIpc) is 3.55. The lowest BCUT2D eigenvalue weighted by atomic mass is 10.1. The molecule has 0 bridgehead atoms. The number of guanidine groups is 1. The summed E-state index contributed by atoms with van der Waals surface area (Å²) in [6.45, 7) is 5.59. The molecule has 2 N–H and O–H groups in total. The molecule has 2 saturated heterocycles. The van der Waals surface area contributed by atoms with E-state index in [2.05, 4.69) is 42.9 Å². The molecule has 32 heavy (non-hydrogen) atoms. The van der Waals surface area contributed by atoms with E-state index in [1.165, 1.54) is 29.9 Å². The first-order chi connectivity index (χ1) is 15.1. The van der Waals surface area contributed by atoms with Gasteiger partial charge in [-0.2, -0.15) is 0 Å². The molecule has 0 amide bonds. The zero-order chi connectivity index (χ0) is 21.6. The van der Waals surface area contributed by atoms with Crippen LogP contribution in [-0.4, -0.2) is 57.2 Å². The summed E-state index contributed by atoms with van der Waals surface area (Å²) in [6, 6.07) is 8.85. The number of thiophene rings is 1. The van der Waals surface area contributed by atoms with Crippen LogP contribution in [0.2, 0.25) is 0 Å². The summed E-state index contributed by atoms with van der Waals surface area (Å²) in [7, 11) is 1.80. The fourth-order valence-corrected chi connectivity index (χ4v) is 5.38. The van der Waals surface area contributed by atoms with Gasteiger partial charge in [0.1, 0.15) is 0 Å². The van der Waals surface area contributed by atoms with Gasteiger partial charge in [0.2, 0.25) is 0 Å². The zero-order valence-corrected chi connectivity index (χ0v) is 21.5. The van der Waals surface area contributed by atoms with Crippen LogP contribution in [0.25, 0.3) is 0 Å². The Morgan fingerprint density at radius 1 is 1.16 bits per heavy atom. The fourth-order valence-electron chi connectivity index (χ4n) is 4.51. The fraction of sp³-hybridized carbons (Fsp3) is 0.522. The number of aliphatic imine (C=N–C) groups is 1. The number of likely N-dealkylation sites (tertiary alicyclic amines) is 1. The molecule has 1 aromatic carbocycles. The van der Waals surface area contributed by atoms with Crippen molar-refractivity contribution in [1.29, 1.82) is 0 Å². The molecule has 9 heteroatoms. The van der Waals surface area contributed by atoms with Crippen LogP contribution in [0, 0.1) is 17.6 Å². The molecule has 1 aromatic heterocycles. The standard InChI is InChI=1S/C23H31F2N5S.HI/c1-26-23(28-15-21(22-5-4-12-31-22)29-9-2-3-10-29)27-14-17-8-11-30(16-17)18-6-7-19(24)20(25)13-18;/h4-7,12-13,17,21H,2-3,8-11,14-16H2,1H3,(H2,26,27,28);1H. The maximum Gasteiger partial charge on any atom is 0.191 e. The van der Waals surface area contributed by atoms with Crippen LogP contribution < -0.4 is 15.5 Å². The Morgan fingerprint density at radius 2 is 1.97 bits per heavy atom. The van der Waals surface area contributed by atoms with Crippen LogP contribution >= 0.6 is 35.3 Å². The maximum atomic E-state index is 13.6. The number of hydrogen-bond acceptors (Lipinski definition) is 4. The lowest BCUT2D eigenvalue weighted by Crippen LogP contribution is -2.44. The van der Waals surface area contributed by atoms with Gasteiger partial charge in [-0.25, -0.2) is 8.78 Å². The Balaban J connectivity index is 0.00000289. The molecule has 2 aromatic rings. The van der Waals surface area contributed by atoms with Crippen molar-refractivity contribution in [3.05, 3.63) is 52.2 Å². The summed E-state index contributed by atoms with van der Waals surface area (Å²) in [5.74, 6) is -0.349. The molecule has 3 heterocycles. The van der Waals surface area contributed by atoms with Gasteiger partial charge in [0.05, 0.1) is 6.04 Å². The van der Waals surface area contributed by atoms with Crippen molar-refractivity contribution in [3.63, 3.8) is 0 Å². The molecule has 2 unspecified atom stereocenters. The van der Waals surface area contributed by atoms with E-state index in [4.69, 9.17) is 0 Å². The summed E-state index contributed by atoms with van der Waals surface area (Å²) in [5, 5.41) is 9.12. The van der Waals surface area contributed by atoms with Gasteiger partial charge in [0.25, 0.3) is 0 Å². The Hall–Kier alpha value is -1.46. The SMILES string of the molecule is CN=C(NCC1CCN(c2ccc(F)c(F)c2)C1)NCC(c1cccs1)N1CCCC1.I. The van der Waals surface area contributed by atoms with Gasteiger partial charge in [0, 0.05) is 49.9 Å². The maximum absolute atomic E-state index is 13.6. The van der Waals surface area contributed by atoms with Gasteiger partial charge in [-0.15, -0.1) is 35.3 Å². The minimum Gasteiger partial charge on any atom is -0.371 e. The minimum atomic E-state index is -0.800. The molecule has 0 radical (unpaired) electrons. The first-order valence-electron chi connectivity index (χ1n) is 11.1. The second kappa shape index (κ2) is 12.1.